The lowest BCUT2D eigenvalue weighted by Crippen LogP contribution is -2.18. The SMILES string of the molecule is C=C(C)C1CC=CCC1C(=C)C. The van der Waals surface area contributed by atoms with Gasteiger partial charge in [0.1, 0.15) is 0 Å². The van der Waals surface area contributed by atoms with E-state index in [1.807, 2.05) is 0 Å². The Morgan fingerprint density at radius 3 is 1.58 bits per heavy atom. The van der Waals surface area contributed by atoms with Crippen LogP contribution in [0.3, 0.4) is 0 Å². The van der Waals surface area contributed by atoms with Crippen molar-refractivity contribution in [3.05, 3.63) is 36.5 Å². The van der Waals surface area contributed by atoms with Crippen LogP contribution in [0.1, 0.15) is 26.7 Å². The highest BCUT2D eigenvalue weighted by Crippen LogP contribution is 2.34. The first kappa shape index (κ1) is 9.31. The predicted molar refractivity (Wildman–Crippen MR) is 55.0 cm³/mol. The van der Waals surface area contributed by atoms with E-state index < -0.39 is 0 Å². The average Bonchev–Trinajstić information content (AvgIpc) is 2.04. The second-order valence-corrected chi connectivity index (χ2v) is 3.85. The van der Waals surface area contributed by atoms with Gasteiger partial charge in [-0.25, -0.2) is 0 Å². The van der Waals surface area contributed by atoms with E-state index in [1.54, 1.807) is 0 Å². The Kier molecular flexibility index (Phi) is 2.91. The minimum Gasteiger partial charge on any atom is -0.0998 e. The normalized spacial score (nSPS) is 28.5. The summed E-state index contributed by atoms with van der Waals surface area (Å²) in [6.07, 6.45) is 6.82. The molecule has 0 aliphatic heterocycles. The molecule has 0 bridgehead atoms. The maximum atomic E-state index is 4.04. The monoisotopic (exact) mass is 162 g/mol. The second kappa shape index (κ2) is 3.75. The number of hydrogen-bond donors (Lipinski definition) is 0. The molecule has 0 saturated heterocycles. The lowest BCUT2D eigenvalue weighted by Gasteiger charge is -2.29. The van der Waals surface area contributed by atoms with Gasteiger partial charge in [0.25, 0.3) is 0 Å². The van der Waals surface area contributed by atoms with E-state index >= 15 is 0 Å². The van der Waals surface area contributed by atoms with Crippen LogP contribution in [0.4, 0.5) is 0 Å². The average molecular weight is 162 g/mol. The van der Waals surface area contributed by atoms with Gasteiger partial charge in [-0.2, -0.15) is 0 Å². The Balaban J connectivity index is 2.76. The van der Waals surface area contributed by atoms with Gasteiger partial charge in [0.05, 0.1) is 0 Å². The molecule has 0 fully saturated rings. The van der Waals surface area contributed by atoms with Gasteiger partial charge in [-0.05, 0) is 38.5 Å². The quantitative estimate of drug-likeness (QED) is 0.543. The van der Waals surface area contributed by atoms with E-state index in [1.165, 1.54) is 11.1 Å². The van der Waals surface area contributed by atoms with Crippen molar-refractivity contribution in [1.29, 1.82) is 0 Å². The smallest absolute Gasteiger partial charge is 0.0106 e. The summed E-state index contributed by atoms with van der Waals surface area (Å²) in [5.41, 5.74) is 2.60. The molecule has 0 aromatic rings. The van der Waals surface area contributed by atoms with Crippen LogP contribution in [0, 0.1) is 11.8 Å². The Bertz CT molecular complexity index is 196. The molecule has 66 valence electrons. The standard InChI is InChI=1S/C12H18/c1-9(2)11-7-5-6-8-12(11)10(3)4/h5-6,11-12H,1,3,7-8H2,2,4H3. The molecule has 0 aromatic carbocycles. The molecule has 1 aliphatic rings. The summed E-state index contributed by atoms with van der Waals surface area (Å²) in [7, 11) is 0. The maximum Gasteiger partial charge on any atom is -0.0106 e. The molecule has 12 heavy (non-hydrogen) atoms. The van der Waals surface area contributed by atoms with Crippen LogP contribution in [-0.4, -0.2) is 0 Å². The lowest BCUT2D eigenvalue weighted by atomic mass is 9.76. The molecule has 0 nitrogen and oxygen atoms in total. The van der Waals surface area contributed by atoms with Crippen molar-refractivity contribution in [3.63, 3.8) is 0 Å². The molecule has 0 heterocycles. The molecule has 2 unspecified atom stereocenters. The Morgan fingerprint density at radius 2 is 1.33 bits per heavy atom. The zero-order valence-corrected chi connectivity index (χ0v) is 8.14. The van der Waals surface area contributed by atoms with Gasteiger partial charge in [-0.15, -0.1) is 0 Å². The third kappa shape index (κ3) is 1.88. The molecule has 2 atom stereocenters. The van der Waals surface area contributed by atoms with Gasteiger partial charge in [0.15, 0.2) is 0 Å². The first-order valence-electron chi connectivity index (χ1n) is 4.58. The van der Waals surface area contributed by atoms with Crippen LogP contribution in [0.25, 0.3) is 0 Å². The van der Waals surface area contributed by atoms with E-state index in [0.29, 0.717) is 11.8 Å². The Labute approximate surface area is 75.7 Å². The lowest BCUT2D eigenvalue weighted by molar-refractivity contribution is 0.424. The molecule has 0 saturated carbocycles. The third-order valence-electron chi connectivity index (χ3n) is 2.70. The first-order valence-corrected chi connectivity index (χ1v) is 4.58. The fourth-order valence-electron chi connectivity index (χ4n) is 1.90. The molecule has 0 N–H and O–H groups in total. The minimum absolute atomic E-state index is 0.632. The second-order valence-electron chi connectivity index (χ2n) is 3.85. The van der Waals surface area contributed by atoms with E-state index in [9.17, 15) is 0 Å². The van der Waals surface area contributed by atoms with Gasteiger partial charge < -0.3 is 0 Å². The summed E-state index contributed by atoms with van der Waals surface area (Å²) in [4.78, 5) is 0. The van der Waals surface area contributed by atoms with Gasteiger partial charge >= 0.3 is 0 Å². The van der Waals surface area contributed by atoms with Crippen LogP contribution >= 0.6 is 0 Å². The summed E-state index contributed by atoms with van der Waals surface area (Å²) in [5.74, 6) is 1.26. The maximum absolute atomic E-state index is 4.04. The Hall–Kier alpha value is -0.780. The third-order valence-corrected chi connectivity index (χ3v) is 2.70. The molecule has 0 spiro atoms. The molecular weight excluding hydrogens is 144 g/mol. The van der Waals surface area contributed by atoms with E-state index in [-0.39, 0.29) is 0 Å². The summed E-state index contributed by atoms with van der Waals surface area (Å²) >= 11 is 0. The van der Waals surface area contributed by atoms with E-state index in [0.717, 1.165) is 12.8 Å². The van der Waals surface area contributed by atoms with Crippen molar-refractivity contribution < 1.29 is 0 Å². The fraction of sp³-hybridized carbons (Fsp3) is 0.500. The highest BCUT2D eigenvalue weighted by atomic mass is 14.3. The van der Waals surface area contributed by atoms with Crippen molar-refractivity contribution in [2.45, 2.75) is 26.7 Å². The fourth-order valence-corrected chi connectivity index (χ4v) is 1.90. The summed E-state index contributed by atoms with van der Waals surface area (Å²) < 4.78 is 0. The van der Waals surface area contributed by atoms with Crippen molar-refractivity contribution in [2.75, 3.05) is 0 Å². The summed E-state index contributed by atoms with van der Waals surface area (Å²) in [6, 6.07) is 0. The van der Waals surface area contributed by atoms with Crippen molar-refractivity contribution in [1.82, 2.24) is 0 Å². The molecular formula is C12H18. The van der Waals surface area contributed by atoms with Gasteiger partial charge in [0, 0.05) is 0 Å². The van der Waals surface area contributed by atoms with Crippen LogP contribution < -0.4 is 0 Å². The van der Waals surface area contributed by atoms with Crippen LogP contribution in [0.2, 0.25) is 0 Å². The highest BCUT2D eigenvalue weighted by Gasteiger charge is 2.22. The van der Waals surface area contributed by atoms with Gasteiger partial charge in [-0.1, -0.05) is 36.5 Å². The zero-order chi connectivity index (χ0) is 9.14. The topological polar surface area (TPSA) is 0 Å². The number of rotatable bonds is 2. The van der Waals surface area contributed by atoms with Crippen LogP contribution in [-0.2, 0) is 0 Å². The minimum atomic E-state index is 0.632. The zero-order valence-electron chi connectivity index (χ0n) is 8.14. The van der Waals surface area contributed by atoms with Crippen molar-refractivity contribution in [2.24, 2.45) is 11.8 Å². The number of allylic oxidation sites excluding steroid dienone is 4. The van der Waals surface area contributed by atoms with Crippen molar-refractivity contribution in [3.8, 4) is 0 Å². The molecule has 1 aliphatic carbocycles. The van der Waals surface area contributed by atoms with E-state index in [4.69, 9.17) is 0 Å². The van der Waals surface area contributed by atoms with Crippen LogP contribution in [0.5, 0.6) is 0 Å². The first-order chi connectivity index (χ1) is 5.63. The molecule has 0 heteroatoms. The molecule has 0 aromatic heterocycles. The highest BCUT2D eigenvalue weighted by molar-refractivity contribution is 5.15. The van der Waals surface area contributed by atoms with Gasteiger partial charge in [0.2, 0.25) is 0 Å². The largest absolute Gasteiger partial charge is 0.0998 e. The predicted octanol–water partition coefficient (Wildman–Crippen LogP) is 3.72. The van der Waals surface area contributed by atoms with Gasteiger partial charge in [-0.3, -0.25) is 0 Å². The molecule has 0 radical (unpaired) electrons. The summed E-state index contributed by atoms with van der Waals surface area (Å²) in [5, 5.41) is 0. The van der Waals surface area contributed by atoms with Crippen molar-refractivity contribution >= 4 is 0 Å². The number of hydrogen-bond acceptors (Lipinski definition) is 0. The van der Waals surface area contributed by atoms with E-state index in [2.05, 4.69) is 39.2 Å². The summed E-state index contributed by atoms with van der Waals surface area (Å²) in [6.45, 7) is 12.3. The Morgan fingerprint density at radius 1 is 1.00 bits per heavy atom. The molecule has 0 amide bonds. The molecule has 1 rings (SSSR count). The van der Waals surface area contributed by atoms with Crippen LogP contribution in [0.15, 0.2) is 36.5 Å².